The second-order valence-corrected chi connectivity index (χ2v) is 3.98. The number of halogens is 1. The number of amides is 2. The van der Waals surface area contributed by atoms with Crippen LogP contribution < -0.4 is 10.6 Å². The molecule has 0 aliphatic carbocycles. The molecule has 8 nitrogen and oxygen atoms in total. The fraction of sp³-hybridized carbons (Fsp3) is 0. The highest BCUT2D eigenvalue weighted by molar-refractivity contribution is 6.31. The molecule has 0 fully saturated rings. The Kier molecular flexibility index (Phi) is 4.06. The van der Waals surface area contributed by atoms with E-state index in [-0.39, 0.29) is 22.2 Å². The van der Waals surface area contributed by atoms with Gasteiger partial charge in [0, 0.05) is 5.02 Å². The molecule has 1 aromatic heterocycles. The molecule has 1 aromatic carbocycles. The van der Waals surface area contributed by atoms with E-state index in [2.05, 4.69) is 25.8 Å². The monoisotopic (exact) mass is 293 g/mol. The molecule has 0 aliphatic rings. The average Bonchev–Trinajstić information content (AvgIpc) is 2.41. The van der Waals surface area contributed by atoms with Gasteiger partial charge in [0.25, 0.3) is 5.95 Å². The van der Waals surface area contributed by atoms with Crippen LogP contribution in [0.2, 0.25) is 5.02 Å². The fourth-order valence-electron chi connectivity index (χ4n) is 1.36. The van der Waals surface area contributed by atoms with Crippen LogP contribution in [0.15, 0.2) is 30.6 Å². The lowest BCUT2D eigenvalue weighted by molar-refractivity contribution is 0.0698. The van der Waals surface area contributed by atoms with Crippen molar-refractivity contribution in [1.29, 1.82) is 0 Å². The van der Waals surface area contributed by atoms with Crippen LogP contribution in [0.25, 0.3) is 0 Å². The Balaban J connectivity index is 2.14. The number of aromatic nitrogens is 3. The zero-order valence-electron chi connectivity index (χ0n) is 9.87. The highest BCUT2D eigenvalue weighted by Crippen LogP contribution is 2.20. The molecule has 102 valence electrons. The summed E-state index contributed by atoms with van der Waals surface area (Å²) in [5.41, 5.74) is -0.0250. The van der Waals surface area contributed by atoms with Crippen molar-refractivity contribution in [2.75, 3.05) is 10.6 Å². The van der Waals surface area contributed by atoms with E-state index in [4.69, 9.17) is 16.7 Å². The van der Waals surface area contributed by atoms with E-state index in [1.807, 2.05) is 0 Å². The molecule has 0 bridgehead atoms. The number of urea groups is 1. The molecule has 9 heteroatoms. The van der Waals surface area contributed by atoms with Crippen molar-refractivity contribution in [2.24, 2.45) is 0 Å². The Labute approximate surface area is 117 Å². The number of nitrogens with one attached hydrogen (secondary N) is 2. The quantitative estimate of drug-likeness (QED) is 0.795. The first kappa shape index (κ1) is 13.7. The first-order valence-corrected chi connectivity index (χ1v) is 5.68. The average molecular weight is 294 g/mol. The van der Waals surface area contributed by atoms with Crippen LogP contribution in [0.1, 0.15) is 10.4 Å². The molecule has 2 rings (SSSR count). The number of hydrogen-bond acceptors (Lipinski definition) is 5. The molecule has 2 aromatic rings. The van der Waals surface area contributed by atoms with Crippen LogP contribution in [-0.4, -0.2) is 32.3 Å². The van der Waals surface area contributed by atoms with E-state index < -0.39 is 12.0 Å². The van der Waals surface area contributed by atoms with Crippen molar-refractivity contribution in [3.8, 4) is 0 Å². The van der Waals surface area contributed by atoms with Gasteiger partial charge in [0.1, 0.15) is 0 Å². The zero-order valence-corrected chi connectivity index (χ0v) is 10.6. The van der Waals surface area contributed by atoms with Gasteiger partial charge in [-0.15, -0.1) is 5.10 Å². The standard InChI is InChI=1S/C11H8ClN5O3/c12-6-1-2-8(7(5-6)9(18)19)15-11(20)16-10-13-3-4-14-17-10/h1-5H,(H,18,19)(H2,13,15,16,17,20). The van der Waals surface area contributed by atoms with Crippen molar-refractivity contribution < 1.29 is 14.7 Å². The van der Waals surface area contributed by atoms with E-state index in [1.54, 1.807) is 0 Å². The first-order valence-electron chi connectivity index (χ1n) is 5.31. The van der Waals surface area contributed by atoms with E-state index in [0.29, 0.717) is 0 Å². The molecule has 0 spiro atoms. The van der Waals surface area contributed by atoms with Gasteiger partial charge < -0.3 is 10.4 Å². The number of carbonyl (C=O) groups is 2. The number of benzene rings is 1. The minimum atomic E-state index is -1.21. The van der Waals surface area contributed by atoms with Gasteiger partial charge in [-0.25, -0.2) is 14.6 Å². The summed E-state index contributed by atoms with van der Waals surface area (Å²) in [6, 6.07) is 3.39. The number of rotatable bonds is 3. The van der Waals surface area contributed by atoms with Crippen LogP contribution >= 0.6 is 11.6 Å². The highest BCUT2D eigenvalue weighted by Gasteiger charge is 2.13. The predicted molar refractivity (Wildman–Crippen MR) is 70.9 cm³/mol. The predicted octanol–water partition coefficient (Wildman–Crippen LogP) is 1.87. The summed E-state index contributed by atoms with van der Waals surface area (Å²) in [6.45, 7) is 0. The van der Waals surface area contributed by atoms with Gasteiger partial charge in [-0.05, 0) is 18.2 Å². The third-order valence-electron chi connectivity index (χ3n) is 2.17. The molecule has 20 heavy (non-hydrogen) atoms. The van der Waals surface area contributed by atoms with Crippen LogP contribution in [0.3, 0.4) is 0 Å². The molecule has 0 radical (unpaired) electrons. The van der Waals surface area contributed by atoms with Crippen molar-refractivity contribution >= 4 is 35.2 Å². The molecule has 0 saturated carbocycles. The van der Waals surface area contributed by atoms with Crippen molar-refractivity contribution in [3.05, 3.63) is 41.2 Å². The number of anilines is 2. The Hall–Kier alpha value is -2.74. The fourth-order valence-corrected chi connectivity index (χ4v) is 1.53. The van der Waals surface area contributed by atoms with Gasteiger partial charge >= 0.3 is 12.0 Å². The maximum Gasteiger partial charge on any atom is 0.337 e. The molecule has 1 heterocycles. The Bertz CT molecular complexity index is 650. The smallest absolute Gasteiger partial charge is 0.337 e. The SMILES string of the molecule is O=C(Nc1nccnn1)Nc1ccc(Cl)cc1C(=O)O. The van der Waals surface area contributed by atoms with Crippen LogP contribution in [0.4, 0.5) is 16.4 Å². The van der Waals surface area contributed by atoms with E-state index in [0.717, 1.165) is 0 Å². The molecule has 0 atom stereocenters. The number of carboxylic acid groups (broad SMARTS) is 1. The maximum absolute atomic E-state index is 11.7. The van der Waals surface area contributed by atoms with Gasteiger partial charge in [0.2, 0.25) is 0 Å². The number of nitrogens with zero attached hydrogens (tertiary/aromatic N) is 3. The largest absolute Gasteiger partial charge is 0.478 e. The summed E-state index contributed by atoms with van der Waals surface area (Å²) in [5.74, 6) is -1.21. The number of carboxylic acids is 1. The molecular formula is C11H8ClN5O3. The lowest BCUT2D eigenvalue weighted by atomic mass is 10.2. The summed E-state index contributed by atoms with van der Waals surface area (Å²) >= 11 is 5.71. The second-order valence-electron chi connectivity index (χ2n) is 3.54. The third-order valence-corrected chi connectivity index (χ3v) is 2.40. The first-order chi connectivity index (χ1) is 9.56. The minimum Gasteiger partial charge on any atom is -0.478 e. The summed E-state index contributed by atoms with van der Waals surface area (Å²) in [7, 11) is 0. The van der Waals surface area contributed by atoms with Crippen LogP contribution in [0.5, 0.6) is 0 Å². The maximum atomic E-state index is 11.7. The van der Waals surface area contributed by atoms with Crippen LogP contribution in [-0.2, 0) is 0 Å². The lowest BCUT2D eigenvalue weighted by Crippen LogP contribution is -2.22. The number of aromatic carboxylic acids is 1. The van der Waals surface area contributed by atoms with Gasteiger partial charge in [-0.2, -0.15) is 5.10 Å². The Morgan fingerprint density at radius 2 is 2.00 bits per heavy atom. The summed E-state index contributed by atoms with van der Waals surface area (Å²) in [6.07, 6.45) is 2.71. The van der Waals surface area contributed by atoms with Gasteiger partial charge in [-0.3, -0.25) is 5.32 Å². The lowest BCUT2D eigenvalue weighted by Gasteiger charge is -2.09. The van der Waals surface area contributed by atoms with E-state index in [1.165, 1.54) is 30.6 Å². The van der Waals surface area contributed by atoms with E-state index in [9.17, 15) is 9.59 Å². The Morgan fingerprint density at radius 3 is 2.65 bits per heavy atom. The topological polar surface area (TPSA) is 117 Å². The molecule has 3 N–H and O–H groups in total. The number of carbonyl (C=O) groups excluding carboxylic acids is 1. The molecule has 0 unspecified atom stereocenters. The number of hydrogen-bond donors (Lipinski definition) is 3. The second kappa shape index (κ2) is 5.93. The molecule has 0 aliphatic heterocycles. The zero-order chi connectivity index (χ0) is 14.5. The van der Waals surface area contributed by atoms with Crippen molar-refractivity contribution in [1.82, 2.24) is 15.2 Å². The van der Waals surface area contributed by atoms with Gasteiger partial charge in [0.15, 0.2) is 0 Å². The van der Waals surface area contributed by atoms with Crippen LogP contribution in [0, 0.1) is 0 Å². The minimum absolute atomic E-state index is 0.00385. The Morgan fingerprint density at radius 1 is 1.20 bits per heavy atom. The normalized spacial score (nSPS) is 9.85. The van der Waals surface area contributed by atoms with Crippen molar-refractivity contribution in [2.45, 2.75) is 0 Å². The molecule has 2 amide bonds. The molecular weight excluding hydrogens is 286 g/mol. The summed E-state index contributed by atoms with van der Waals surface area (Å²) in [4.78, 5) is 26.5. The summed E-state index contributed by atoms with van der Waals surface area (Å²) < 4.78 is 0. The van der Waals surface area contributed by atoms with Crippen molar-refractivity contribution in [3.63, 3.8) is 0 Å². The van der Waals surface area contributed by atoms with Gasteiger partial charge in [-0.1, -0.05) is 11.6 Å². The summed E-state index contributed by atoms with van der Waals surface area (Å²) in [5, 5.41) is 21.1. The van der Waals surface area contributed by atoms with E-state index >= 15 is 0 Å². The van der Waals surface area contributed by atoms with Gasteiger partial charge in [0.05, 0.1) is 23.6 Å². The molecule has 0 saturated heterocycles. The highest BCUT2D eigenvalue weighted by atomic mass is 35.5. The third kappa shape index (κ3) is 3.39.